The van der Waals surface area contributed by atoms with Crippen molar-refractivity contribution < 1.29 is 0 Å². The standard InChI is InChI=1S/C22H19ClN8/c1-4-16-19(12(2)3)31-17(20(30-16)13-7-5-6-8-14(13)23)10-27-22-18(15(25)9-24)21(26)28-11-29-22/h4-8,11,25H,1-2,10H2,3H3,(H3,26,27,28,29). The molecule has 1 aromatic carbocycles. The van der Waals surface area contributed by atoms with Crippen molar-refractivity contribution in [1.82, 2.24) is 19.9 Å². The lowest BCUT2D eigenvalue weighted by atomic mass is 10.1. The van der Waals surface area contributed by atoms with Gasteiger partial charge >= 0.3 is 0 Å². The molecule has 0 aliphatic carbocycles. The first kappa shape index (κ1) is 21.6. The van der Waals surface area contributed by atoms with E-state index in [0.29, 0.717) is 33.4 Å². The fourth-order valence-corrected chi connectivity index (χ4v) is 3.16. The van der Waals surface area contributed by atoms with Gasteiger partial charge < -0.3 is 11.1 Å². The van der Waals surface area contributed by atoms with E-state index in [1.807, 2.05) is 25.1 Å². The van der Waals surface area contributed by atoms with Crippen LogP contribution in [0.3, 0.4) is 0 Å². The second kappa shape index (κ2) is 9.15. The summed E-state index contributed by atoms with van der Waals surface area (Å²) >= 11 is 6.42. The van der Waals surface area contributed by atoms with Gasteiger partial charge in [-0.1, -0.05) is 43.0 Å². The second-order valence-corrected chi connectivity index (χ2v) is 6.95. The third-order valence-corrected chi connectivity index (χ3v) is 4.71. The van der Waals surface area contributed by atoms with Crippen molar-refractivity contribution in [1.29, 1.82) is 10.7 Å². The normalized spacial score (nSPS) is 10.2. The van der Waals surface area contributed by atoms with Gasteiger partial charge in [0.25, 0.3) is 0 Å². The molecule has 0 radical (unpaired) electrons. The van der Waals surface area contributed by atoms with Crippen LogP contribution in [0, 0.1) is 16.7 Å². The Morgan fingerprint density at radius 2 is 2.06 bits per heavy atom. The molecule has 0 atom stereocenters. The molecule has 9 heteroatoms. The van der Waals surface area contributed by atoms with Gasteiger partial charge in [-0.3, -0.25) is 5.41 Å². The molecule has 0 bridgehead atoms. The highest BCUT2D eigenvalue weighted by Gasteiger charge is 2.19. The number of rotatable bonds is 7. The van der Waals surface area contributed by atoms with Crippen LogP contribution in [0.25, 0.3) is 22.9 Å². The summed E-state index contributed by atoms with van der Waals surface area (Å²) in [5.74, 6) is 0.279. The van der Waals surface area contributed by atoms with Crippen molar-refractivity contribution in [2.24, 2.45) is 0 Å². The molecule has 154 valence electrons. The molecule has 31 heavy (non-hydrogen) atoms. The molecule has 8 nitrogen and oxygen atoms in total. The Labute approximate surface area is 184 Å². The molecule has 3 aromatic rings. The van der Waals surface area contributed by atoms with Crippen molar-refractivity contribution in [2.45, 2.75) is 13.5 Å². The summed E-state index contributed by atoms with van der Waals surface area (Å²) < 4.78 is 0. The van der Waals surface area contributed by atoms with E-state index in [1.165, 1.54) is 6.33 Å². The molecule has 2 aromatic heterocycles. The first-order chi connectivity index (χ1) is 14.9. The van der Waals surface area contributed by atoms with E-state index < -0.39 is 0 Å². The van der Waals surface area contributed by atoms with Crippen molar-refractivity contribution in [2.75, 3.05) is 11.1 Å². The highest BCUT2D eigenvalue weighted by Crippen LogP contribution is 2.31. The maximum Gasteiger partial charge on any atom is 0.146 e. The number of nitriles is 1. The summed E-state index contributed by atoms with van der Waals surface area (Å²) in [6, 6.07) is 9.07. The SMILES string of the molecule is C=Cc1nc(-c2ccccc2Cl)c(CNc2ncnc(N)c2C(=N)C#N)nc1C(=C)C. The zero-order valence-electron chi connectivity index (χ0n) is 16.8. The van der Waals surface area contributed by atoms with Gasteiger partial charge in [-0.15, -0.1) is 0 Å². The van der Waals surface area contributed by atoms with Crippen LogP contribution in [0.15, 0.2) is 43.8 Å². The van der Waals surface area contributed by atoms with Crippen LogP contribution in [-0.4, -0.2) is 25.6 Å². The Morgan fingerprint density at radius 3 is 2.71 bits per heavy atom. The number of nitrogens with one attached hydrogen (secondary N) is 2. The van der Waals surface area contributed by atoms with Crippen molar-refractivity contribution in [3.05, 3.63) is 71.4 Å². The van der Waals surface area contributed by atoms with E-state index in [9.17, 15) is 0 Å². The molecule has 0 amide bonds. The predicted octanol–water partition coefficient (Wildman–Crippen LogP) is 4.35. The maximum absolute atomic E-state index is 9.13. The zero-order chi connectivity index (χ0) is 22.5. The number of hydrogen-bond donors (Lipinski definition) is 3. The highest BCUT2D eigenvalue weighted by molar-refractivity contribution is 6.33. The van der Waals surface area contributed by atoms with E-state index in [4.69, 9.17) is 38.0 Å². The maximum atomic E-state index is 9.13. The summed E-state index contributed by atoms with van der Waals surface area (Å²) in [6.45, 7) is 9.81. The summed E-state index contributed by atoms with van der Waals surface area (Å²) in [4.78, 5) is 17.5. The predicted molar refractivity (Wildman–Crippen MR) is 123 cm³/mol. The van der Waals surface area contributed by atoms with Gasteiger partial charge in [0.1, 0.15) is 29.7 Å². The molecule has 0 aliphatic heterocycles. The Hall–Kier alpha value is -4.09. The van der Waals surface area contributed by atoms with Crippen LogP contribution in [-0.2, 0) is 6.54 Å². The molecule has 3 rings (SSSR count). The molecule has 0 spiro atoms. The van der Waals surface area contributed by atoms with E-state index in [-0.39, 0.29) is 29.5 Å². The van der Waals surface area contributed by atoms with Crippen LogP contribution in [0.1, 0.15) is 29.6 Å². The molecular weight excluding hydrogens is 412 g/mol. The first-order valence-electron chi connectivity index (χ1n) is 9.14. The van der Waals surface area contributed by atoms with Crippen LogP contribution in [0.4, 0.5) is 11.6 Å². The number of nitrogen functional groups attached to an aromatic ring is 1. The molecule has 2 heterocycles. The number of nitrogens with zero attached hydrogens (tertiary/aromatic N) is 5. The lowest BCUT2D eigenvalue weighted by molar-refractivity contribution is 0.981. The Balaban J connectivity index is 2.12. The van der Waals surface area contributed by atoms with E-state index >= 15 is 0 Å². The largest absolute Gasteiger partial charge is 0.383 e. The summed E-state index contributed by atoms with van der Waals surface area (Å²) in [5, 5.41) is 20.6. The minimum atomic E-state index is -0.345. The third kappa shape index (κ3) is 4.42. The first-order valence-corrected chi connectivity index (χ1v) is 9.52. The number of anilines is 2. The smallest absolute Gasteiger partial charge is 0.146 e. The highest BCUT2D eigenvalue weighted by atomic mass is 35.5. The third-order valence-electron chi connectivity index (χ3n) is 4.38. The van der Waals surface area contributed by atoms with E-state index in [1.54, 1.807) is 18.2 Å². The van der Waals surface area contributed by atoms with Crippen molar-refractivity contribution in [3.63, 3.8) is 0 Å². The number of allylic oxidation sites excluding steroid dienone is 1. The van der Waals surface area contributed by atoms with Crippen molar-refractivity contribution >= 4 is 40.6 Å². The second-order valence-electron chi connectivity index (χ2n) is 6.54. The average molecular weight is 431 g/mol. The topological polar surface area (TPSA) is 137 Å². The monoisotopic (exact) mass is 430 g/mol. The van der Waals surface area contributed by atoms with Crippen LogP contribution in [0.2, 0.25) is 5.02 Å². The lowest BCUT2D eigenvalue weighted by Crippen LogP contribution is -2.14. The minimum absolute atomic E-state index is 0.0334. The van der Waals surface area contributed by atoms with Gasteiger partial charge in [0.05, 0.1) is 39.9 Å². The van der Waals surface area contributed by atoms with E-state index in [2.05, 4.69) is 28.4 Å². The molecule has 0 aliphatic rings. The summed E-state index contributed by atoms with van der Waals surface area (Å²) in [5.41, 5.74) is 9.41. The van der Waals surface area contributed by atoms with Gasteiger partial charge in [0.2, 0.25) is 0 Å². The van der Waals surface area contributed by atoms with Gasteiger partial charge in [-0.2, -0.15) is 5.26 Å². The Morgan fingerprint density at radius 1 is 1.32 bits per heavy atom. The zero-order valence-corrected chi connectivity index (χ0v) is 17.5. The van der Waals surface area contributed by atoms with Gasteiger partial charge in [-0.25, -0.2) is 19.9 Å². The summed E-state index contributed by atoms with van der Waals surface area (Å²) in [7, 11) is 0. The molecular formula is C22H19ClN8. The quantitative estimate of drug-likeness (QED) is 0.473. The number of hydrogen-bond acceptors (Lipinski definition) is 8. The average Bonchev–Trinajstić information content (AvgIpc) is 2.77. The Kier molecular flexibility index (Phi) is 6.38. The van der Waals surface area contributed by atoms with Gasteiger partial charge in [0, 0.05) is 5.56 Å². The minimum Gasteiger partial charge on any atom is -0.383 e. The van der Waals surface area contributed by atoms with Crippen LogP contribution >= 0.6 is 11.6 Å². The van der Waals surface area contributed by atoms with Gasteiger partial charge in [-0.05, 0) is 24.6 Å². The molecule has 0 saturated heterocycles. The van der Waals surface area contributed by atoms with Crippen LogP contribution < -0.4 is 11.1 Å². The van der Waals surface area contributed by atoms with Crippen molar-refractivity contribution in [3.8, 4) is 17.3 Å². The number of benzene rings is 1. The fourth-order valence-electron chi connectivity index (χ4n) is 2.93. The molecule has 0 saturated carbocycles. The van der Waals surface area contributed by atoms with Crippen LogP contribution in [0.5, 0.6) is 0 Å². The summed E-state index contributed by atoms with van der Waals surface area (Å²) in [6.07, 6.45) is 2.87. The molecule has 0 fully saturated rings. The molecule has 4 N–H and O–H groups in total. The number of aromatic nitrogens is 4. The number of nitrogens with two attached hydrogens (primary N) is 1. The number of halogens is 1. The van der Waals surface area contributed by atoms with E-state index in [0.717, 1.165) is 5.57 Å². The lowest BCUT2D eigenvalue weighted by Gasteiger charge is -2.16. The fraction of sp³-hybridized carbons (Fsp3) is 0.0909. The molecule has 0 unspecified atom stereocenters. The Bertz CT molecular complexity index is 1240. The van der Waals surface area contributed by atoms with Gasteiger partial charge in [0.15, 0.2) is 0 Å².